The van der Waals surface area contributed by atoms with Crippen LogP contribution in [-0.2, 0) is 22.6 Å². The van der Waals surface area contributed by atoms with Crippen molar-refractivity contribution in [2.75, 3.05) is 7.05 Å². The molecule has 5 heteroatoms. The first-order valence-corrected chi connectivity index (χ1v) is 8.21. The van der Waals surface area contributed by atoms with Crippen molar-refractivity contribution in [3.63, 3.8) is 0 Å². The molecule has 2 aromatic rings. The van der Waals surface area contributed by atoms with E-state index in [1.807, 2.05) is 31.2 Å². The zero-order valence-corrected chi connectivity index (χ0v) is 14.8. The summed E-state index contributed by atoms with van der Waals surface area (Å²) in [6.45, 7) is 4.03. The Labute approximate surface area is 147 Å². The number of nitrogens with zero attached hydrogens (tertiary/aromatic N) is 1. The Morgan fingerprint density at radius 3 is 2.40 bits per heavy atom. The molecule has 2 amide bonds. The fraction of sp³-hybridized carbons (Fsp3) is 0.300. The van der Waals surface area contributed by atoms with Gasteiger partial charge in [0.15, 0.2) is 0 Å². The minimum absolute atomic E-state index is 0.118. The molecule has 0 saturated heterocycles. The summed E-state index contributed by atoms with van der Waals surface area (Å²) in [5, 5.41) is 2.59. The number of amides is 2. The van der Waals surface area contributed by atoms with Gasteiger partial charge in [0.1, 0.15) is 11.9 Å². The molecule has 0 bridgehead atoms. The largest absolute Gasteiger partial charge is 0.357 e. The first-order chi connectivity index (χ1) is 11.9. The molecule has 1 unspecified atom stereocenters. The van der Waals surface area contributed by atoms with Gasteiger partial charge in [-0.05, 0) is 37.1 Å². The van der Waals surface area contributed by atoms with Gasteiger partial charge < -0.3 is 10.2 Å². The van der Waals surface area contributed by atoms with Crippen LogP contribution in [0.2, 0.25) is 0 Å². The number of aryl methyl sites for hydroxylation is 1. The van der Waals surface area contributed by atoms with E-state index in [2.05, 4.69) is 5.32 Å². The number of halogens is 1. The van der Waals surface area contributed by atoms with Crippen LogP contribution in [0.5, 0.6) is 0 Å². The third-order valence-electron chi connectivity index (χ3n) is 4.12. The van der Waals surface area contributed by atoms with E-state index in [1.165, 1.54) is 12.1 Å². The van der Waals surface area contributed by atoms with Crippen molar-refractivity contribution in [2.24, 2.45) is 0 Å². The monoisotopic (exact) mass is 342 g/mol. The summed E-state index contributed by atoms with van der Waals surface area (Å²) < 4.78 is 13.0. The zero-order valence-electron chi connectivity index (χ0n) is 14.8. The van der Waals surface area contributed by atoms with Crippen LogP contribution in [0.3, 0.4) is 0 Å². The Balaban J connectivity index is 2.21. The van der Waals surface area contributed by atoms with Crippen molar-refractivity contribution in [2.45, 2.75) is 32.9 Å². The molecule has 1 atom stereocenters. The maximum atomic E-state index is 13.0. The molecule has 0 heterocycles. The summed E-state index contributed by atoms with van der Waals surface area (Å²) in [5.41, 5.74) is 2.77. The van der Waals surface area contributed by atoms with E-state index in [4.69, 9.17) is 0 Å². The number of likely N-dealkylation sites (N-methyl/N-ethyl adjacent to an activating group) is 1. The van der Waals surface area contributed by atoms with Gasteiger partial charge in [0.25, 0.3) is 0 Å². The second kappa shape index (κ2) is 8.42. The Bertz CT molecular complexity index is 744. The topological polar surface area (TPSA) is 49.4 Å². The van der Waals surface area contributed by atoms with Crippen molar-refractivity contribution >= 4 is 11.8 Å². The highest BCUT2D eigenvalue weighted by molar-refractivity contribution is 5.88. The Morgan fingerprint density at radius 2 is 1.80 bits per heavy atom. The quantitative estimate of drug-likeness (QED) is 0.878. The summed E-state index contributed by atoms with van der Waals surface area (Å²) >= 11 is 0. The normalized spacial score (nSPS) is 11.7. The van der Waals surface area contributed by atoms with Crippen molar-refractivity contribution in [3.05, 3.63) is 71.0 Å². The third kappa shape index (κ3) is 5.14. The standard InChI is InChI=1S/C20H23FN2O2/c1-14-5-4-6-17(11-14)13-23(15(2)20(25)22-3)19(24)12-16-7-9-18(21)10-8-16/h4-11,15H,12-13H2,1-3H3,(H,22,25). The molecule has 0 aliphatic heterocycles. The molecule has 0 aliphatic carbocycles. The van der Waals surface area contributed by atoms with Gasteiger partial charge in [-0.15, -0.1) is 0 Å². The van der Waals surface area contributed by atoms with Gasteiger partial charge in [-0.1, -0.05) is 42.0 Å². The van der Waals surface area contributed by atoms with Gasteiger partial charge in [-0.3, -0.25) is 9.59 Å². The lowest BCUT2D eigenvalue weighted by Gasteiger charge is -2.28. The maximum absolute atomic E-state index is 13.0. The lowest BCUT2D eigenvalue weighted by molar-refractivity contribution is -0.139. The Hall–Kier alpha value is -2.69. The van der Waals surface area contributed by atoms with E-state index >= 15 is 0 Å². The van der Waals surface area contributed by atoms with Crippen LogP contribution in [0.15, 0.2) is 48.5 Å². The second-order valence-corrected chi connectivity index (χ2v) is 6.10. The number of carbonyl (C=O) groups excluding carboxylic acids is 2. The predicted molar refractivity (Wildman–Crippen MR) is 95.4 cm³/mol. The molecule has 25 heavy (non-hydrogen) atoms. The lowest BCUT2D eigenvalue weighted by atomic mass is 10.1. The minimum Gasteiger partial charge on any atom is -0.357 e. The van der Waals surface area contributed by atoms with Crippen LogP contribution in [0.25, 0.3) is 0 Å². The fourth-order valence-corrected chi connectivity index (χ4v) is 2.68. The molecule has 0 fully saturated rings. The fourth-order valence-electron chi connectivity index (χ4n) is 2.68. The van der Waals surface area contributed by atoms with Gasteiger partial charge in [-0.2, -0.15) is 0 Å². The minimum atomic E-state index is -0.599. The summed E-state index contributed by atoms with van der Waals surface area (Å²) in [4.78, 5) is 26.4. The average molecular weight is 342 g/mol. The van der Waals surface area contributed by atoms with Gasteiger partial charge in [0, 0.05) is 13.6 Å². The number of carbonyl (C=O) groups is 2. The van der Waals surface area contributed by atoms with Crippen molar-refractivity contribution in [1.29, 1.82) is 0 Å². The maximum Gasteiger partial charge on any atom is 0.242 e. The summed E-state index contributed by atoms with van der Waals surface area (Å²) in [6.07, 6.45) is 0.118. The molecule has 0 spiro atoms. The molecule has 132 valence electrons. The highest BCUT2D eigenvalue weighted by atomic mass is 19.1. The smallest absolute Gasteiger partial charge is 0.242 e. The first-order valence-electron chi connectivity index (χ1n) is 8.21. The van der Waals surface area contributed by atoms with Gasteiger partial charge >= 0.3 is 0 Å². The number of hydrogen-bond acceptors (Lipinski definition) is 2. The molecule has 2 rings (SSSR count). The van der Waals surface area contributed by atoms with Crippen LogP contribution in [-0.4, -0.2) is 29.8 Å². The van der Waals surface area contributed by atoms with E-state index < -0.39 is 6.04 Å². The van der Waals surface area contributed by atoms with Crippen molar-refractivity contribution < 1.29 is 14.0 Å². The van der Waals surface area contributed by atoms with Crippen LogP contribution < -0.4 is 5.32 Å². The molecule has 0 saturated carbocycles. The van der Waals surface area contributed by atoms with E-state index in [0.717, 1.165) is 11.1 Å². The van der Waals surface area contributed by atoms with E-state index in [0.29, 0.717) is 12.1 Å². The average Bonchev–Trinajstić information content (AvgIpc) is 2.60. The number of rotatable bonds is 6. The number of hydrogen-bond donors (Lipinski definition) is 1. The molecule has 1 N–H and O–H groups in total. The summed E-state index contributed by atoms with van der Waals surface area (Å²) in [7, 11) is 1.55. The first kappa shape index (κ1) is 18.6. The molecule has 0 aromatic heterocycles. The molecule has 2 aromatic carbocycles. The molecular weight excluding hydrogens is 319 g/mol. The Kier molecular flexibility index (Phi) is 6.28. The van der Waals surface area contributed by atoms with Crippen LogP contribution in [0, 0.1) is 12.7 Å². The van der Waals surface area contributed by atoms with E-state index in [-0.39, 0.29) is 24.1 Å². The van der Waals surface area contributed by atoms with E-state index in [1.54, 1.807) is 31.0 Å². The van der Waals surface area contributed by atoms with Crippen LogP contribution >= 0.6 is 0 Å². The van der Waals surface area contributed by atoms with Crippen LogP contribution in [0.4, 0.5) is 4.39 Å². The third-order valence-corrected chi connectivity index (χ3v) is 4.12. The number of nitrogens with one attached hydrogen (secondary N) is 1. The van der Waals surface area contributed by atoms with Gasteiger partial charge in [-0.25, -0.2) is 4.39 Å². The Morgan fingerprint density at radius 1 is 1.12 bits per heavy atom. The number of benzene rings is 2. The van der Waals surface area contributed by atoms with Gasteiger partial charge in [0.2, 0.25) is 11.8 Å². The summed E-state index contributed by atoms with van der Waals surface area (Å²) in [5.74, 6) is -0.740. The zero-order chi connectivity index (χ0) is 18.4. The molecule has 0 aliphatic rings. The van der Waals surface area contributed by atoms with Crippen molar-refractivity contribution in [3.8, 4) is 0 Å². The molecule has 4 nitrogen and oxygen atoms in total. The summed E-state index contributed by atoms with van der Waals surface area (Å²) in [6, 6.07) is 13.1. The second-order valence-electron chi connectivity index (χ2n) is 6.10. The van der Waals surface area contributed by atoms with E-state index in [9.17, 15) is 14.0 Å². The van der Waals surface area contributed by atoms with Gasteiger partial charge in [0.05, 0.1) is 6.42 Å². The highest BCUT2D eigenvalue weighted by Gasteiger charge is 2.25. The molecular formula is C20H23FN2O2. The van der Waals surface area contributed by atoms with Crippen molar-refractivity contribution in [1.82, 2.24) is 10.2 Å². The highest BCUT2D eigenvalue weighted by Crippen LogP contribution is 2.14. The molecule has 0 radical (unpaired) electrons. The SMILES string of the molecule is CNC(=O)C(C)N(Cc1cccc(C)c1)C(=O)Cc1ccc(F)cc1. The predicted octanol–water partition coefficient (Wildman–Crippen LogP) is 2.84. The lowest BCUT2D eigenvalue weighted by Crippen LogP contribution is -2.47. The van der Waals surface area contributed by atoms with Crippen LogP contribution in [0.1, 0.15) is 23.6 Å².